The Morgan fingerprint density at radius 2 is 2.12 bits per heavy atom. The maximum absolute atomic E-state index is 5.50. The normalized spacial score (nSPS) is 21.8. The molecule has 4 heteroatoms. The topological polar surface area (TPSA) is 32.5 Å². The van der Waals surface area contributed by atoms with E-state index in [1.807, 2.05) is 0 Å². The Morgan fingerprint density at radius 1 is 1.44 bits per heavy atom. The number of thiocarbonyl (C=S) groups is 1. The van der Waals surface area contributed by atoms with Crippen LogP contribution in [0, 0.1) is 0 Å². The van der Waals surface area contributed by atoms with E-state index in [2.05, 4.69) is 23.6 Å². The summed E-state index contributed by atoms with van der Waals surface area (Å²) in [6.07, 6.45) is 3.32. The number of rotatable bonds is 7. The highest BCUT2D eigenvalue weighted by Crippen LogP contribution is 2.15. The van der Waals surface area contributed by atoms with Gasteiger partial charge >= 0.3 is 0 Å². The fourth-order valence-electron chi connectivity index (χ4n) is 2.53. The van der Waals surface area contributed by atoms with Gasteiger partial charge in [-0.1, -0.05) is 26.1 Å². The molecular formula is C12H25N3S. The molecule has 16 heavy (non-hydrogen) atoms. The Labute approximate surface area is 105 Å². The van der Waals surface area contributed by atoms with Gasteiger partial charge in [0.1, 0.15) is 0 Å². The van der Waals surface area contributed by atoms with Crippen LogP contribution in [-0.4, -0.2) is 53.6 Å². The highest BCUT2D eigenvalue weighted by Gasteiger charge is 2.25. The Morgan fingerprint density at radius 3 is 2.69 bits per heavy atom. The fraction of sp³-hybridized carbons (Fsp3) is 0.917. The molecule has 2 N–H and O–H groups in total. The second-order valence-corrected chi connectivity index (χ2v) is 5.06. The molecule has 1 atom stereocenters. The zero-order valence-corrected chi connectivity index (χ0v) is 11.4. The second-order valence-electron chi connectivity index (χ2n) is 4.53. The Balaban J connectivity index is 2.21. The van der Waals surface area contributed by atoms with Crippen LogP contribution in [0.15, 0.2) is 0 Å². The van der Waals surface area contributed by atoms with Crippen LogP contribution < -0.4 is 5.73 Å². The molecule has 1 aliphatic rings. The maximum Gasteiger partial charge on any atom is 0.0727 e. The summed E-state index contributed by atoms with van der Waals surface area (Å²) in [7, 11) is 0. The number of nitrogens with two attached hydrogens (primary N) is 1. The number of likely N-dealkylation sites (tertiary alicyclic amines) is 1. The minimum absolute atomic E-state index is 0.652. The molecule has 3 nitrogen and oxygen atoms in total. The van der Waals surface area contributed by atoms with E-state index >= 15 is 0 Å². The molecule has 94 valence electrons. The molecule has 1 unspecified atom stereocenters. The molecule has 1 fully saturated rings. The van der Waals surface area contributed by atoms with Crippen LogP contribution in [-0.2, 0) is 0 Å². The van der Waals surface area contributed by atoms with E-state index < -0.39 is 0 Å². The third-order valence-electron chi connectivity index (χ3n) is 3.47. The number of hydrogen-bond acceptors (Lipinski definition) is 3. The third kappa shape index (κ3) is 4.36. The molecule has 0 spiro atoms. The van der Waals surface area contributed by atoms with Gasteiger partial charge in [0, 0.05) is 12.6 Å². The van der Waals surface area contributed by atoms with Crippen molar-refractivity contribution in [2.45, 2.75) is 39.2 Å². The van der Waals surface area contributed by atoms with Crippen molar-refractivity contribution in [1.29, 1.82) is 0 Å². The molecule has 1 rings (SSSR count). The van der Waals surface area contributed by atoms with Crippen molar-refractivity contribution in [3.05, 3.63) is 0 Å². The minimum Gasteiger partial charge on any atom is -0.393 e. The molecule has 1 aliphatic heterocycles. The molecule has 1 saturated heterocycles. The van der Waals surface area contributed by atoms with E-state index in [0.717, 1.165) is 25.4 Å². The standard InChI is InChI=1S/C12H25N3S/c1-3-15(4-2)11-7-9-14(10-11)8-5-6-12(13)16/h11H,3-10H2,1-2H3,(H2,13,16). The monoisotopic (exact) mass is 243 g/mol. The zero-order chi connectivity index (χ0) is 12.0. The predicted molar refractivity (Wildman–Crippen MR) is 73.8 cm³/mol. The van der Waals surface area contributed by atoms with Gasteiger partial charge in [-0.15, -0.1) is 0 Å². The summed E-state index contributed by atoms with van der Waals surface area (Å²) in [5, 5.41) is 0. The second kappa shape index (κ2) is 7.20. The van der Waals surface area contributed by atoms with Crippen molar-refractivity contribution in [2.75, 3.05) is 32.7 Å². The Kier molecular flexibility index (Phi) is 6.24. The van der Waals surface area contributed by atoms with Gasteiger partial charge in [-0.25, -0.2) is 0 Å². The van der Waals surface area contributed by atoms with Gasteiger partial charge < -0.3 is 10.6 Å². The SMILES string of the molecule is CCN(CC)C1CCN(CCCC(N)=S)C1. The first-order valence-electron chi connectivity index (χ1n) is 6.42. The molecular weight excluding hydrogens is 218 g/mol. The molecule has 0 aromatic heterocycles. The van der Waals surface area contributed by atoms with E-state index in [1.165, 1.54) is 32.6 Å². The lowest BCUT2D eigenvalue weighted by atomic mass is 10.2. The van der Waals surface area contributed by atoms with Gasteiger partial charge in [-0.3, -0.25) is 4.90 Å². The molecule has 0 bridgehead atoms. The van der Waals surface area contributed by atoms with E-state index in [9.17, 15) is 0 Å². The van der Waals surface area contributed by atoms with Crippen molar-refractivity contribution >= 4 is 17.2 Å². The summed E-state index contributed by atoms with van der Waals surface area (Å²) in [6, 6.07) is 0.764. The molecule has 0 saturated carbocycles. The first-order valence-corrected chi connectivity index (χ1v) is 6.82. The average Bonchev–Trinajstić information content (AvgIpc) is 2.68. The summed E-state index contributed by atoms with van der Waals surface area (Å²) < 4.78 is 0. The van der Waals surface area contributed by atoms with Gasteiger partial charge in [0.15, 0.2) is 0 Å². The van der Waals surface area contributed by atoms with Crippen LogP contribution in [0.4, 0.5) is 0 Å². The molecule has 0 amide bonds. The van der Waals surface area contributed by atoms with Crippen molar-refractivity contribution in [3.8, 4) is 0 Å². The number of likely N-dealkylation sites (N-methyl/N-ethyl adjacent to an activating group) is 1. The van der Waals surface area contributed by atoms with Gasteiger partial charge in [0.25, 0.3) is 0 Å². The first-order chi connectivity index (χ1) is 7.67. The maximum atomic E-state index is 5.50. The van der Waals surface area contributed by atoms with E-state index in [0.29, 0.717) is 4.99 Å². The average molecular weight is 243 g/mol. The molecule has 0 aromatic rings. The lowest BCUT2D eigenvalue weighted by molar-refractivity contribution is 0.210. The smallest absolute Gasteiger partial charge is 0.0727 e. The van der Waals surface area contributed by atoms with Gasteiger partial charge in [0.05, 0.1) is 4.99 Å². The van der Waals surface area contributed by atoms with Crippen LogP contribution in [0.3, 0.4) is 0 Å². The van der Waals surface area contributed by atoms with Crippen LogP contribution in [0.5, 0.6) is 0 Å². The summed E-state index contributed by atoms with van der Waals surface area (Å²) in [6.45, 7) is 10.4. The Bertz CT molecular complexity index is 216. The summed E-state index contributed by atoms with van der Waals surface area (Å²) in [5.41, 5.74) is 5.50. The molecule has 0 radical (unpaired) electrons. The molecule has 0 aliphatic carbocycles. The fourth-order valence-corrected chi connectivity index (χ4v) is 2.67. The van der Waals surface area contributed by atoms with Crippen molar-refractivity contribution in [2.24, 2.45) is 5.73 Å². The summed E-state index contributed by atoms with van der Waals surface area (Å²) >= 11 is 4.89. The van der Waals surface area contributed by atoms with Crippen molar-refractivity contribution < 1.29 is 0 Å². The Hall–Kier alpha value is -0.190. The van der Waals surface area contributed by atoms with E-state index in [1.54, 1.807) is 0 Å². The van der Waals surface area contributed by atoms with Crippen LogP contribution in [0.2, 0.25) is 0 Å². The quantitative estimate of drug-likeness (QED) is 0.686. The largest absolute Gasteiger partial charge is 0.393 e. The van der Waals surface area contributed by atoms with Gasteiger partial charge in [-0.2, -0.15) is 0 Å². The highest BCUT2D eigenvalue weighted by atomic mass is 32.1. The van der Waals surface area contributed by atoms with Crippen LogP contribution >= 0.6 is 12.2 Å². The molecule has 1 heterocycles. The van der Waals surface area contributed by atoms with Gasteiger partial charge in [-0.05, 0) is 45.4 Å². The van der Waals surface area contributed by atoms with Gasteiger partial charge in [0.2, 0.25) is 0 Å². The van der Waals surface area contributed by atoms with E-state index in [-0.39, 0.29) is 0 Å². The predicted octanol–water partition coefficient (Wildman–Crippen LogP) is 1.47. The van der Waals surface area contributed by atoms with E-state index in [4.69, 9.17) is 18.0 Å². The summed E-state index contributed by atoms with van der Waals surface area (Å²) in [5.74, 6) is 0. The van der Waals surface area contributed by atoms with Crippen molar-refractivity contribution in [1.82, 2.24) is 9.80 Å². The first kappa shape index (κ1) is 13.9. The van der Waals surface area contributed by atoms with Crippen molar-refractivity contribution in [3.63, 3.8) is 0 Å². The number of nitrogens with zero attached hydrogens (tertiary/aromatic N) is 2. The highest BCUT2D eigenvalue weighted by molar-refractivity contribution is 7.80. The third-order valence-corrected chi connectivity index (χ3v) is 3.68. The zero-order valence-electron chi connectivity index (χ0n) is 10.6. The van der Waals surface area contributed by atoms with Crippen LogP contribution in [0.1, 0.15) is 33.1 Å². The van der Waals surface area contributed by atoms with Crippen LogP contribution in [0.25, 0.3) is 0 Å². The lowest BCUT2D eigenvalue weighted by Crippen LogP contribution is -2.37. The molecule has 0 aromatic carbocycles. The minimum atomic E-state index is 0.652. The summed E-state index contributed by atoms with van der Waals surface area (Å²) in [4.78, 5) is 5.76. The lowest BCUT2D eigenvalue weighted by Gasteiger charge is -2.26. The number of hydrogen-bond donors (Lipinski definition) is 1.